The van der Waals surface area contributed by atoms with E-state index in [1.54, 1.807) is 0 Å². The molecule has 0 amide bonds. The molecule has 18 heavy (non-hydrogen) atoms. The summed E-state index contributed by atoms with van der Waals surface area (Å²) in [5.41, 5.74) is 0. The fourth-order valence-electron chi connectivity index (χ4n) is 3.25. The first kappa shape index (κ1) is 18.7. The third-order valence-electron chi connectivity index (χ3n) is 4.65. The molecule has 0 rings (SSSR count). The average Bonchev–Trinajstić information content (AvgIpc) is 2.40. The Bertz CT molecular complexity index is 204. The fraction of sp³-hybridized carbons (Fsp3) is 1.00. The van der Waals surface area contributed by atoms with Gasteiger partial charge >= 0.3 is 117 Å². The van der Waals surface area contributed by atoms with Crippen molar-refractivity contribution >= 4 is 0 Å². The van der Waals surface area contributed by atoms with Crippen molar-refractivity contribution in [2.75, 3.05) is 0 Å². The summed E-state index contributed by atoms with van der Waals surface area (Å²) in [4.78, 5) is 0. The maximum atomic E-state index is 13.9. The molecule has 0 saturated heterocycles. The van der Waals surface area contributed by atoms with Gasteiger partial charge in [0.2, 0.25) is 0 Å². The molecule has 0 saturated carbocycles. The molecule has 1 nitrogen and oxygen atoms in total. The zero-order chi connectivity index (χ0) is 13.9. The maximum absolute atomic E-state index is 13.9. The van der Waals surface area contributed by atoms with Gasteiger partial charge in [0.15, 0.2) is 0 Å². The second kappa shape index (κ2) is 9.55. The Kier molecular flexibility index (Phi) is 9.91. The van der Waals surface area contributed by atoms with E-state index in [1.807, 2.05) is 0 Å². The van der Waals surface area contributed by atoms with Crippen molar-refractivity contribution < 1.29 is 21.4 Å². The van der Waals surface area contributed by atoms with Crippen LogP contribution >= 0.6 is 0 Å². The summed E-state index contributed by atoms with van der Waals surface area (Å²) in [7, 11) is 0. The summed E-state index contributed by atoms with van der Waals surface area (Å²) < 4.78 is 18.4. The summed E-state index contributed by atoms with van der Waals surface area (Å²) >= 11 is -3.71. The Morgan fingerprint density at radius 1 is 0.556 bits per heavy atom. The second-order valence-electron chi connectivity index (χ2n) is 6.49. The standard InChI is InChI=1S/4C4H9.Hf.O/c4*1-3-4-2;;/h4*1,3-4H2,2H3;;. The van der Waals surface area contributed by atoms with E-state index in [-0.39, 0.29) is 0 Å². The molecule has 0 aliphatic heterocycles. The number of hydrogen-bond donors (Lipinski definition) is 0. The molecule has 2 heteroatoms. The molecule has 0 bridgehead atoms. The van der Waals surface area contributed by atoms with Crippen LogP contribution < -0.4 is 0 Å². The van der Waals surface area contributed by atoms with Crippen LogP contribution in [0.5, 0.6) is 0 Å². The van der Waals surface area contributed by atoms with Gasteiger partial charge in [-0.2, -0.15) is 0 Å². The molecule has 0 radical (unpaired) electrons. The van der Waals surface area contributed by atoms with Gasteiger partial charge in [0.1, 0.15) is 0 Å². The monoisotopic (exact) mass is 424 g/mol. The zero-order valence-corrected chi connectivity index (χ0v) is 17.0. The molecular formula is C16H36HfO. The first-order chi connectivity index (χ1) is 8.54. The molecule has 0 N–H and O–H groups in total. The third kappa shape index (κ3) is 6.73. The Labute approximate surface area is 117 Å². The van der Waals surface area contributed by atoms with Crippen molar-refractivity contribution in [1.29, 1.82) is 0 Å². The van der Waals surface area contributed by atoms with E-state index < -0.39 is 18.5 Å². The summed E-state index contributed by atoms with van der Waals surface area (Å²) in [5.74, 6) is 0. The molecule has 0 fully saturated rings. The Balaban J connectivity index is 4.89. The van der Waals surface area contributed by atoms with Gasteiger partial charge < -0.3 is 0 Å². The van der Waals surface area contributed by atoms with E-state index in [2.05, 4.69) is 27.7 Å². The number of rotatable bonds is 12. The molecule has 0 aliphatic carbocycles. The fourth-order valence-corrected chi connectivity index (χ4v) is 26.6. The van der Waals surface area contributed by atoms with Crippen molar-refractivity contribution in [2.45, 2.75) is 95.8 Å². The summed E-state index contributed by atoms with van der Waals surface area (Å²) in [5, 5.41) is 0. The summed E-state index contributed by atoms with van der Waals surface area (Å²) in [6.45, 7) is 8.95. The van der Waals surface area contributed by atoms with Crippen LogP contribution in [-0.4, -0.2) is 0 Å². The van der Waals surface area contributed by atoms with Crippen LogP contribution in [-0.2, 0) is 21.4 Å². The van der Waals surface area contributed by atoms with Crippen molar-refractivity contribution in [3.63, 3.8) is 0 Å². The molecule has 0 heterocycles. The molecule has 110 valence electrons. The molecule has 0 aromatic carbocycles. The number of hydrogen-bond acceptors (Lipinski definition) is 1. The molecular weight excluding hydrogens is 387 g/mol. The Morgan fingerprint density at radius 2 is 0.778 bits per heavy atom. The van der Waals surface area contributed by atoms with Crippen LogP contribution in [0.4, 0.5) is 0 Å². The molecule has 0 aromatic heterocycles. The summed E-state index contributed by atoms with van der Waals surface area (Å²) in [6.07, 6.45) is 9.65. The van der Waals surface area contributed by atoms with Crippen LogP contribution in [0.15, 0.2) is 0 Å². The number of unbranched alkanes of at least 4 members (excludes halogenated alkanes) is 4. The van der Waals surface area contributed by atoms with Crippen LogP contribution in [0.3, 0.4) is 0 Å². The minimum absolute atomic E-state index is 1.12. The normalized spacial score (nSPS) is 12.9. The van der Waals surface area contributed by atoms with Gasteiger partial charge in [-0.05, 0) is 0 Å². The van der Waals surface area contributed by atoms with Crippen LogP contribution in [0.1, 0.15) is 79.1 Å². The average molecular weight is 423 g/mol. The molecule has 0 atom stereocenters. The predicted octanol–water partition coefficient (Wildman–Crippen LogP) is 6.90. The van der Waals surface area contributed by atoms with E-state index in [4.69, 9.17) is 0 Å². The van der Waals surface area contributed by atoms with E-state index in [0.29, 0.717) is 0 Å². The van der Waals surface area contributed by atoms with Gasteiger partial charge in [-0.1, -0.05) is 0 Å². The van der Waals surface area contributed by atoms with Crippen molar-refractivity contribution in [1.82, 2.24) is 0 Å². The van der Waals surface area contributed by atoms with Gasteiger partial charge in [0.05, 0.1) is 0 Å². The van der Waals surface area contributed by atoms with Gasteiger partial charge in [-0.3, -0.25) is 0 Å². The van der Waals surface area contributed by atoms with E-state index in [0.717, 1.165) is 16.7 Å². The van der Waals surface area contributed by atoms with Crippen molar-refractivity contribution in [2.24, 2.45) is 0 Å². The topological polar surface area (TPSA) is 17.1 Å². The minimum atomic E-state index is -3.71. The van der Waals surface area contributed by atoms with Crippen LogP contribution in [0.25, 0.3) is 0 Å². The van der Waals surface area contributed by atoms with Gasteiger partial charge in [0.25, 0.3) is 0 Å². The first-order valence-corrected chi connectivity index (χ1v) is 20.1. The SMILES string of the molecule is CCC[CH2][Hf](=[O])([CH2]CCC)([CH2]CCC)[CH2]CCC. The van der Waals surface area contributed by atoms with Gasteiger partial charge in [-0.25, -0.2) is 0 Å². The zero-order valence-electron chi connectivity index (χ0n) is 13.4. The van der Waals surface area contributed by atoms with Crippen molar-refractivity contribution in [3.8, 4) is 0 Å². The van der Waals surface area contributed by atoms with Gasteiger partial charge in [-0.15, -0.1) is 0 Å². The molecule has 0 aliphatic rings. The first-order valence-electron chi connectivity index (χ1n) is 8.45. The quantitative estimate of drug-likeness (QED) is 0.313. The van der Waals surface area contributed by atoms with E-state index in [9.17, 15) is 2.85 Å². The summed E-state index contributed by atoms with van der Waals surface area (Å²) in [6, 6.07) is 0. The van der Waals surface area contributed by atoms with E-state index in [1.165, 1.54) is 51.4 Å². The molecule has 0 unspecified atom stereocenters. The Morgan fingerprint density at radius 3 is 0.944 bits per heavy atom. The Hall–Kier alpha value is 0.670. The predicted molar refractivity (Wildman–Crippen MR) is 79.5 cm³/mol. The second-order valence-corrected chi connectivity index (χ2v) is 28.6. The van der Waals surface area contributed by atoms with Crippen LogP contribution in [0, 0.1) is 0 Å². The van der Waals surface area contributed by atoms with Crippen LogP contribution in [0.2, 0.25) is 16.7 Å². The third-order valence-corrected chi connectivity index (χ3v) is 27.9. The van der Waals surface area contributed by atoms with Crippen molar-refractivity contribution in [3.05, 3.63) is 0 Å². The van der Waals surface area contributed by atoms with Gasteiger partial charge in [0, 0.05) is 0 Å². The molecule has 0 aromatic rings. The molecule has 0 spiro atoms. The van der Waals surface area contributed by atoms with E-state index >= 15 is 0 Å².